The lowest BCUT2D eigenvalue weighted by molar-refractivity contribution is -0.161. The lowest BCUT2D eigenvalue weighted by atomic mass is 10.0. The van der Waals surface area contributed by atoms with E-state index in [-0.39, 0.29) is 25.7 Å². The Balaban J connectivity index is 5.16. The summed E-state index contributed by atoms with van der Waals surface area (Å²) in [5, 5.41) is 10.6. The zero-order valence-corrected chi connectivity index (χ0v) is 66.9. The highest BCUT2D eigenvalue weighted by molar-refractivity contribution is 7.47. The fourth-order valence-corrected chi connectivity index (χ4v) is 13.8. The minimum atomic E-state index is -4.96. The van der Waals surface area contributed by atoms with Gasteiger partial charge >= 0.3 is 39.5 Å². The first-order valence-electron chi connectivity index (χ1n) is 41.2. The summed E-state index contributed by atoms with van der Waals surface area (Å²) >= 11 is 0. The van der Waals surface area contributed by atoms with Crippen molar-refractivity contribution in [1.29, 1.82) is 0 Å². The van der Waals surface area contributed by atoms with E-state index in [1.54, 1.807) is 0 Å². The molecule has 0 saturated carbocycles. The molecule has 0 radical (unpaired) electrons. The van der Waals surface area contributed by atoms with Gasteiger partial charge in [0.05, 0.1) is 26.4 Å². The third kappa shape index (κ3) is 74.1. The first-order valence-corrected chi connectivity index (χ1v) is 44.2. The van der Waals surface area contributed by atoms with Crippen LogP contribution < -0.4 is 0 Å². The number of esters is 4. The molecular formula is C80H156O17P2. The quantitative estimate of drug-likeness (QED) is 0.0222. The minimum Gasteiger partial charge on any atom is -0.462 e. The molecular weight excluding hydrogens is 1290 g/mol. The summed E-state index contributed by atoms with van der Waals surface area (Å²) in [5.41, 5.74) is 0. The van der Waals surface area contributed by atoms with E-state index in [1.807, 2.05) is 0 Å². The summed E-state index contributed by atoms with van der Waals surface area (Å²) in [6.07, 6.45) is 55.8. The lowest BCUT2D eigenvalue weighted by Gasteiger charge is -2.21. The topological polar surface area (TPSA) is 237 Å². The van der Waals surface area contributed by atoms with Crippen molar-refractivity contribution < 1.29 is 80.2 Å². The van der Waals surface area contributed by atoms with Crippen LogP contribution in [0.25, 0.3) is 0 Å². The average molecular weight is 1450 g/mol. The van der Waals surface area contributed by atoms with Crippen LogP contribution in [-0.2, 0) is 65.4 Å². The maximum Gasteiger partial charge on any atom is 0.472 e. The number of hydrogen-bond acceptors (Lipinski definition) is 15. The Kier molecular flexibility index (Phi) is 67.8. The molecule has 0 bridgehead atoms. The molecule has 3 unspecified atom stereocenters. The van der Waals surface area contributed by atoms with Crippen molar-refractivity contribution in [3.8, 4) is 0 Å². The Morgan fingerprint density at radius 1 is 0.253 bits per heavy atom. The molecule has 0 fully saturated rings. The summed E-state index contributed by atoms with van der Waals surface area (Å²) in [5.74, 6) is 0.910. The molecule has 0 aromatic rings. The third-order valence-corrected chi connectivity index (χ3v) is 20.5. The summed E-state index contributed by atoms with van der Waals surface area (Å²) in [6.45, 7) is 14.2. The fraction of sp³-hybridized carbons (Fsp3) is 0.950. The molecule has 0 amide bonds. The summed E-state index contributed by atoms with van der Waals surface area (Å²) < 4.78 is 68.6. The van der Waals surface area contributed by atoms with Crippen LogP contribution in [0.3, 0.4) is 0 Å². The molecule has 0 aliphatic carbocycles. The lowest BCUT2D eigenvalue weighted by Crippen LogP contribution is -2.30. The molecule has 17 nitrogen and oxygen atoms in total. The number of unbranched alkanes of at least 4 members (excludes halogenated alkanes) is 43. The average Bonchev–Trinajstić information content (AvgIpc) is 1.82. The summed E-state index contributed by atoms with van der Waals surface area (Å²) in [4.78, 5) is 72.9. The van der Waals surface area contributed by atoms with E-state index >= 15 is 0 Å². The van der Waals surface area contributed by atoms with Gasteiger partial charge in [-0.3, -0.25) is 37.3 Å². The van der Waals surface area contributed by atoms with Gasteiger partial charge in [-0.25, -0.2) is 9.13 Å². The van der Waals surface area contributed by atoms with Gasteiger partial charge in [0.25, 0.3) is 0 Å². The standard InChI is InChI=1S/C80H156O17P2/c1-70(2)56-48-40-32-26-22-18-14-11-9-10-12-16-20-24-28-36-46-54-63-80(85)97-76(67-91-78(83)61-53-45-39-38-43-51-59-73(7)8)69-95-99(88,89)93-65-74(81)64-92-98(86,87)94-68-75(66-90-77(82)60-52-44-35-31-30-34-42-50-58-72(5)6)96-79(84)62-55-47-37-29-25-21-17-13-15-19-23-27-33-41-49-57-71(3)4/h70-76,81H,9-69H2,1-8H3,(H,86,87)(H,88,89)/t74?,75-,76-/m1/s1. The smallest absolute Gasteiger partial charge is 0.462 e. The highest BCUT2D eigenvalue weighted by Gasteiger charge is 2.30. The number of phosphoric ester groups is 2. The van der Waals surface area contributed by atoms with Crippen LogP contribution in [0.5, 0.6) is 0 Å². The van der Waals surface area contributed by atoms with Gasteiger partial charge in [-0.2, -0.15) is 0 Å². The van der Waals surface area contributed by atoms with Crippen molar-refractivity contribution in [2.75, 3.05) is 39.6 Å². The largest absolute Gasteiger partial charge is 0.472 e. The number of aliphatic hydroxyl groups is 1. The van der Waals surface area contributed by atoms with E-state index in [9.17, 15) is 43.2 Å². The highest BCUT2D eigenvalue weighted by atomic mass is 31.2. The van der Waals surface area contributed by atoms with E-state index in [4.69, 9.17) is 37.0 Å². The van der Waals surface area contributed by atoms with Crippen LogP contribution in [0.4, 0.5) is 0 Å². The summed E-state index contributed by atoms with van der Waals surface area (Å²) in [7, 11) is -9.92. The van der Waals surface area contributed by atoms with Gasteiger partial charge in [-0.15, -0.1) is 0 Å². The molecule has 3 N–H and O–H groups in total. The monoisotopic (exact) mass is 1450 g/mol. The number of aliphatic hydroxyl groups excluding tert-OH is 1. The Morgan fingerprint density at radius 3 is 0.626 bits per heavy atom. The van der Waals surface area contributed by atoms with Gasteiger partial charge in [0.1, 0.15) is 19.3 Å². The van der Waals surface area contributed by atoms with Gasteiger partial charge in [0, 0.05) is 25.7 Å². The van der Waals surface area contributed by atoms with Crippen molar-refractivity contribution in [2.45, 2.75) is 427 Å². The Morgan fingerprint density at radius 2 is 0.424 bits per heavy atom. The van der Waals surface area contributed by atoms with Gasteiger partial charge in [-0.1, -0.05) is 357 Å². The molecule has 588 valence electrons. The molecule has 0 aliphatic rings. The number of hydrogen-bond donors (Lipinski definition) is 3. The van der Waals surface area contributed by atoms with Crippen molar-refractivity contribution in [3.05, 3.63) is 0 Å². The molecule has 0 aromatic carbocycles. The summed E-state index contributed by atoms with van der Waals surface area (Å²) in [6, 6.07) is 0. The second-order valence-corrected chi connectivity index (χ2v) is 33.6. The van der Waals surface area contributed by atoms with Gasteiger partial charge in [0.2, 0.25) is 0 Å². The molecule has 0 saturated heterocycles. The van der Waals surface area contributed by atoms with Crippen molar-refractivity contribution in [2.24, 2.45) is 23.7 Å². The zero-order chi connectivity index (χ0) is 73.1. The molecule has 5 atom stereocenters. The van der Waals surface area contributed by atoms with E-state index < -0.39 is 97.5 Å². The van der Waals surface area contributed by atoms with Gasteiger partial charge < -0.3 is 33.8 Å². The highest BCUT2D eigenvalue weighted by Crippen LogP contribution is 2.45. The Hall–Kier alpha value is -1.94. The number of phosphoric acid groups is 2. The van der Waals surface area contributed by atoms with Crippen molar-refractivity contribution in [1.82, 2.24) is 0 Å². The molecule has 0 heterocycles. The van der Waals surface area contributed by atoms with Crippen LogP contribution in [0.15, 0.2) is 0 Å². The molecule has 0 rings (SSSR count). The van der Waals surface area contributed by atoms with E-state index in [0.29, 0.717) is 31.6 Å². The number of carbonyl (C=O) groups is 4. The van der Waals surface area contributed by atoms with Crippen LogP contribution in [0.1, 0.15) is 409 Å². The molecule has 19 heteroatoms. The normalized spacial score (nSPS) is 14.1. The van der Waals surface area contributed by atoms with Crippen molar-refractivity contribution in [3.63, 3.8) is 0 Å². The van der Waals surface area contributed by atoms with E-state index in [2.05, 4.69) is 55.4 Å². The minimum absolute atomic E-state index is 0.107. The van der Waals surface area contributed by atoms with Crippen LogP contribution in [0.2, 0.25) is 0 Å². The Bertz CT molecular complexity index is 1940. The zero-order valence-electron chi connectivity index (χ0n) is 65.1. The van der Waals surface area contributed by atoms with Gasteiger partial charge in [-0.05, 0) is 49.4 Å². The van der Waals surface area contributed by atoms with Crippen LogP contribution in [0, 0.1) is 23.7 Å². The van der Waals surface area contributed by atoms with Crippen molar-refractivity contribution >= 4 is 39.5 Å². The molecule has 0 aliphatic heterocycles. The first-order chi connectivity index (χ1) is 47.6. The second-order valence-electron chi connectivity index (χ2n) is 30.7. The maximum absolute atomic E-state index is 13.1. The maximum atomic E-state index is 13.1. The van der Waals surface area contributed by atoms with Crippen LogP contribution >= 0.6 is 15.6 Å². The number of rotatable bonds is 77. The van der Waals surface area contributed by atoms with Crippen LogP contribution in [-0.4, -0.2) is 96.7 Å². The van der Waals surface area contributed by atoms with E-state index in [1.165, 1.54) is 205 Å². The Labute approximate surface area is 607 Å². The number of ether oxygens (including phenoxy) is 4. The van der Waals surface area contributed by atoms with Gasteiger partial charge in [0.15, 0.2) is 12.2 Å². The molecule has 0 aromatic heterocycles. The molecule has 99 heavy (non-hydrogen) atoms. The predicted octanol–water partition coefficient (Wildman–Crippen LogP) is 23.6. The molecule has 0 spiro atoms. The third-order valence-electron chi connectivity index (χ3n) is 18.6. The van der Waals surface area contributed by atoms with E-state index in [0.717, 1.165) is 114 Å². The number of carbonyl (C=O) groups excluding carboxylic acids is 4. The predicted molar refractivity (Wildman–Crippen MR) is 404 cm³/mol. The second kappa shape index (κ2) is 69.1. The fourth-order valence-electron chi connectivity index (χ4n) is 12.3. The SMILES string of the molecule is CC(C)CCCCCCCCCCCCCCCCCCCCC(=O)O[C@H](COC(=O)CCCCCCCCC(C)C)COP(=O)(O)OCC(O)COP(=O)(O)OC[C@@H](COC(=O)CCCCCCCCCCC(C)C)OC(=O)CCCCCCCCCCCCCCCCCC(C)C. The first kappa shape index (κ1) is 97.1.